The molecule has 1 N–H and O–H groups in total. The van der Waals surface area contributed by atoms with E-state index >= 15 is 0 Å². The number of thiazole rings is 1. The third-order valence-corrected chi connectivity index (χ3v) is 7.00. The average Bonchev–Trinajstić information content (AvgIpc) is 3.20. The van der Waals surface area contributed by atoms with E-state index in [-0.39, 0.29) is 43.8 Å². The number of hydrogen-bond acceptors (Lipinski definition) is 6. The molecule has 1 saturated heterocycles. The monoisotopic (exact) mass is 442 g/mol. The fourth-order valence-corrected chi connectivity index (χ4v) is 5.23. The number of ether oxygens (including phenoxy) is 1. The molecule has 2 aliphatic rings. The van der Waals surface area contributed by atoms with E-state index < -0.39 is 11.5 Å². The number of hydrogen-bond donors (Lipinski definition) is 1. The van der Waals surface area contributed by atoms with Crippen molar-refractivity contribution in [2.75, 3.05) is 33.8 Å². The van der Waals surface area contributed by atoms with Crippen LogP contribution in [0.4, 0.5) is 0 Å². The van der Waals surface area contributed by atoms with Gasteiger partial charge in [-0.1, -0.05) is 12.1 Å². The van der Waals surface area contributed by atoms with Crippen LogP contribution >= 0.6 is 11.3 Å². The van der Waals surface area contributed by atoms with Gasteiger partial charge in [-0.25, -0.2) is 4.98 Å². The van der Waals surface area contributed by atoms with Gasteiger partial charge in [-0.15, -0.1) is 11.3 Å². The lowest BCUT2D eigenvalue weighted by Crippen LogP contribution is -2.60. The van der Waals surface area contributed by atoms with Gasteiger partial charge in [0.2, 0.25) is 11.8 Å². The molecule has 9 heteroatoms. The molecule has 0 aliphatic carbocycles. The Bertz CT molecular complexity index is 1050. The van der Waals surface area contributed by atoms with Crippen LogP contribution in [0.3, 0.4) is 0 Å². The van der Waals surface area contributed by atoms with Crippen molar-refractivity contribution in [3.05, 3.63) is 45.4 Å². The van der Waals surface area contributed by atoms with Crippen molar-refractivity contribution < 1.29 is 19.1 Å². The lowest BCUT2D eigenvalue weighted by Gasteiger charge is -2.33. The Morgan fingerprint density at radius 3 is 2.74 bits per heavy atom. The third-order valence-electron chi connectivity index (χ3n) is 5.93. The van der Waals surface area contributed by atoms with Gasteiger partial charge in [0.1, 0.15) is 17.9 Å². The zero-order valence-electron chi connectivity index (χ0n) is 18.1. The summed E-state index contributed by atoms with van der Waals surface area (Å²) >= 11 is 1.51. The molecule has 8 nitrogen and oxygen atoms in total. The Balaban J connectivity index is 1.63. The summed E-state index contributed by atoms with van der Waals surface area (Å²) in [6, 6.07) is 7.01. The minimum Gasteiger partial charge on any atom is -0.490 e. The minimum atomic E-state index is -0.994. The zero-order chi connectivity index (χ0) is 22.3. The molecule has 0 radical (unpaired) electrons. The summed E-state index contributed by atoms with van der Waals surface area (Å²) in [7, 11) is 3.36. The first kappa shape index (κ1) is 21.3. The molecule has 1 aromatic carbocycles. The van der Waals surface area contributed by atoms with E-state index in [0.717, 1.165) is 15.6 Å². The average molecular weight is 443 g/mol. The quantitative estimate of drug-likeness (QED) is 0.776. The van der Waals surface area contributed by atoms with Gasteiger partial charge < -0.3 is 19.9 Å². The summed E-state index contributed by atoms with van der Waals surface area (Å²) in [4.78, 5) is 47.7. The second-order valence-corrected chi connectivity index (χ2v) is 9.66. The standard InChI is InChI=1S/C22H26N4O4S/c1-13-18(31-14(2)23-13)9-19(27)26-10-16(21(29)25(3)4)22(11-26)12-30-17-8-6-5-7-15(17)20(28)24-22/h5-8,16H,9-12H2,1-4H3,(H,24,28)/t16-,22-/m1/s1. The second kappa shape index (κ2) is 7.96. The van der Waals surface area contributed by atoms with Gasteiger partial charge >= 0.3 is 0 Å². The number of likely N-dealkylation sites (tertiary alicyclic amines) is 1. The molecular weight excluding hydrogens is 416 g/mol. The molecule has 1 aromatic heterocycles. The Labute approximate surface area is 185 Å². The first-order valence-electron chi connectivity index (χ1n) is 10.2. The van der Waals surface area contributed by atoms with E-state index in [2.05, 4.69) is 10.3 Å². The SMILES string of the molecule is Cc1nc(C)c(CC(=O)N2C[C@H](C(=O)N(C)C)[C@]3(COc4ccccc4C(=O)N3)C2)s1. The van der Waals surface area contributed by atoms with Gasteiger partial charge in [0.15, 0.2) is 0 Å². The number of fused-ring (bicyclic) bond motifs is 1. The molecule has 3 heterocycles. The normalized spacial score (nSPS) is 22.5. The van der Waals surface area contributed by atoms with Crippen molar-refractivity contribution in [2.45, 2.75) is 25.8 Å². The van der Waals surface area contributed by atoms with Crippen LogP contribution in [-0.2, 0) is 16.0 Å². The fraction of sp³-hybridized carbons (Fsp3) is 0.455. The predicted molar refractivity (Wildman–Crippen MR) is 116 cm³/mol. The van der Waals surface area contributed by atoms with Gasteiger partial charge in [0.25, 0.3) is 5.91 Å². The Hall–Kier alpha value is -2.94. The molecular formula is C22H26N4O4S. The van der Waals surface area contributed by atoms with Crippen LogP contribution in [0.2, 0.25) is 0 Å². The van der Waals surface area contributed by atoms with Crippen molar-refractivity contribution in [1.82, 2.24) is 20.1 Å². The van der Waals surface area contributed by atoms with Gasteiger partial charge in [-0.3, -0.25) is 14.4 Å². The van der Waals surface area contributed by atoms with E-state index in [4.69, 9.17) is 4.74 Å². The first-order valence-corrected chi connectivity index (χ1v) is 11.0. The summed E-state index contributed by atoms with van der Waals surface area (Å²) in [5.41, 5.74) is 0.286. The highest BCUT2D eigenvalue weighted by molar-refractivity contribution is 7.11. The summed E-state index contributed by atoms with van der Waals surface area (Å²) in [6.45, 7) is 4.37. The molecule has 2 aromatic rings. The van der Waals surface area contributed by atoms with Crippen LogP contribution in [0.1, 0.15) is 25.9 Å². The van der Waals surface area contributed by atoms with Crippen molar-refractivity contribution in [1.29, 1.82) is 0 Å². The summed E-state index contributed by atoms with van der Waals surface area (Å²) in [5.74, 6) is -0.651. The van der Waals surface area contributed by atoms with E-state index in [9.17, 15) is 14.4 Å². The number of aryl methyl sites for hydroxylation is 2. The molecule has 0 unspecified atom stereocenters. The molecule has 3 amide bonds. The molecule has 0 saturated carbocycles. The Kier molecular flexibility index (Phi) is 5.47. The van der Waals surface area contributed by atoms with Crippen molar-refractivity contribution in [2.24, 2.45) is 5.92 Å². The molecule has 1 spiro atoms. The fourth-order valence-electron chi connectivity index (χ4n) is 4.30. The van der Waals surface area contributed by atoms with Crippen LogP contribution in [0, 0.1) is 19.8 Å². The highest BCUT2D eigenvalue weighted by Gasteiger charge is 2.54. The summed E-state index contributed by atoms with van der Waals surface area (Å²) < 4.78 is 5.99. The van der Waals surface area contributed by atoms with Crippen LogP contribution in [0.15, 0.2) is 24.3 Å². The van der Waals surface area contributed by atoms with Crippen LogP contribution in [-0.4, -0.2) is 71.8 Å². The van der Waals surface area contributed by atoms with Crippen molar-refractivity contribution in [3.8, 4) is 5.75 Å². The molecule has 1 fully saturated rings. The van der Waals surface area contributed by atoms with Crippen molar-refractivity contribution >= 4 is 29.1 Å². The summed E-state index contributed by atoms with van der Waals surface area (Å²) in [6.07, 6.45) is 0.228. The molecule has 4 rings (SSSR count). The number of carbonyl (C=O) groups is 3. The van der Waals surface area contributed by atoms with Gasteiger partial charge in [-0.05, 0) is 26.0 Å². The third kappa shape index (κ3) is 3.89. The topological polar surface area (TPSA) is 91.8 Å². The largest absolute Gasteiger partial charge is 0.490 e. The van der Waals surface area contributed by atoms with Crippen LogP contribution in [0.5, 0.6) is 5.75 Å². The van der Waals surface area contributed by atoms with Crippen molar-refractivity contribution in [3.63, 3.8) is 0 Å². The van der Waals surface area contributed by atoms with Gasteiger partial charge in [-0.2, -0.15) is 0 Å². The highest BCUT2D eigenvalue weighted by atomic mass is 32.1. The number of aromatic nitrogens is 1. The number of amides is 3. The van der Waals surface area contributed by atoms with Gasteiger partial charge in [0, 0.05) is 32.1 Å². The first-order chi connectivity index (χ1) is 14.7. The molecule has 0 bridgehead atoms. The van der Waals surface area contributed by atoms with E-state index in [0.29, 0.717) is 11.3 Å². The number of carbonyl (C=O) groups excluding carboxylic acids is 3. The second-order valence-electron chi connectivity index (χ2n) is 8.37. The number of rotatable bonds is 3. The van der Waals surface area contributed by atoms with Gasteiger partial charge in [0.05, 0.1) is 28.6 Å². The van der Waals surface area contributed by atoms with Crippen LogP contribution in [0.25, 0.3) is 0 Å². The molecule has 164 valence electrons. The molecule has 2 atom stereocenters. The Morgan fingerprint density at radius 2 is 2.06 bits per heavy atom. The van der Waals surface area contributed by atoms with Crippen LogP contribution < -0.4 is 10.1 Å². The smallest absolute Gasteiger partial charge is 0.255 e. The number of nitrogens with one attached hydrogen (secondary N) is 1. The van der Waals surface area contributed by atoms with E-state index in [1.165, 1.54) is 16.2 Å². The zero-order valence-corrected chi connectivity index (χ0v) is 18.9. The van der Waals surface area contributed by atoms with E-state index in [1.807, 2.05) is 13.8 Å². The summed E-state index contributed by atoms with van der Waals surface area (Å²) in [5, 5.41) is 3.96. The highest BCUT2D eigenvalue weighted by Crippen LogP contribution is 2.34. The lowest BCUT2D eigenvalue weighted by molar-refractivity contribution is -0.135. The maximum Gasteiger partial charge on any atom is 0.255 e. The number of benzene rings is 1. The lowest BCUT2D eigenvalue weighted by atomic mass is 9.86. The number of nitrogens with zero attached hydrogens (tertiary/aromatic N) is 3. The maximum atomic E-state index is 13.2. The molecule has 31 heavy (non-hydrogen) atoms. The Morgan fingerprint density at radius 1 is 1.32 bits per heavy atom. The van der Waals surface area contributed by atoms with E-state index in [1.54, 1.807) is 43.3 Å². The molecule has 2 aliphatic heterocycles. The predicted octanol–water partition coefficient (Wildman–Crippen LogP) is 1.41. The maximum absolute atomic E-state index is 13.2. The minimum absolute atomic E-state index is 0.0869. The number of para-hydroxylation sites is 1.